The lowest BCUT2D eigenvalue weighted by molar-refractivity contribution is 0.206. The minimum Gasteiger partial charge on any atom is -0.383 e. The Kier molecular flexibility index (Phi) is 7.68. The van der Waals surface area contributed by atoms with Crippen LogP contribution < -0.4 is 4.90 Å². The maximum absolute atomic E-state index is 5.49. The van der Waals surface area contributed by atoms with E-state index < -0.39 is 5.54 Å². The molecule has 0 N–H and O–H groups in total. The van der Waals surface area contributed by atoms with Gasteiger partial charge in [-0.15, -0.1) is 0 Å². The zero-order valence-electron chi connectivity index (χ0n) is 23.1. The van der Waals surface area contributed by atoms with E-state index in [1.54, 1.807) is 7.11 Å². The van der Waals surface area contributed by atoms with Gasteiger partial charge in [0.1, 0.15) is 17.1 Å². The molecule has 204 valence electrons. The Morgan fingerprint density at radius 3 is 1.93 bits per heavy atom. The first-order valence-electron chi connectivity index (χ1n) is 13.6. The van der Waals surface area contributed by atoms with Crippen LogP contribution in [0.2, 0.25) is 0 Å². The summed E-state index contributed by atoms with van der Waals surface area (Å²) in [6, 6.07) is 42.5. The van der Waals surface area contributed by atoms with Crippen molar-refractivity contribution in [1.29, 1.82) is 0 Å². The highest BCUT2D eigenvalue weighted by Gasteiger charge is 2.41. The second-order valence-corrected chi connectivity index (χ2v) is 11.0. The summed E-state index contributed by atoms with van der Waals surface area (Å²) in [7, 11) is 3.75. The number of pyridine rings is 1. The lowest BCUT2D eigenvalue weighted by Crippen LogP contribution is -2.38. The van der Waals surface area contributed by atoms with Crippen molar-refractivity contribution < 1.29 is 4.74 Å². The number of anilines is 1. The van der Waals surface area contributed by atoms with E-state index in [-0.39, 0.29) is 0 Å². The van der Waals surface area contributed by atoms with Gasteiger partial charge >= 0.3 is 0 Å². The van der Waals surface area contributed by atoms with E-state index in [4.69, 9.17) is 9.84 Å². The summed E-state index contributed by atoms with van der Waals surface area (Å²) in [5.74, 6) is 0.873. The van der Waals surface area contributed by atoms with Crippen molar-refractivity contribution in [2.24, 2.45) is 0 Å². The fraction of sp³-hybridized carbons (Fsp3) is 0.143. The minimum atomic E-state index is -0.723. The van der Waals surface area contributed by atoms with E-state index >= 15 is 0 Å². The van der Waals surface area contributed by atoms with Gasteiger partial charge in [-0.1, -0.05) is 107 Å². The fourth-order valence-corrected chi connectivity index (χ4v) is 5.94. The number of fused-ring (bicyclic) bond motifs is 1. The van der Waals surface area contributed by atoms with Crippen LogP contribution in [0, 0.1) is 0 Å². The Morgan fingerprint density at radius 1 is 0.780 bits per heavy atom. The number of nitrogens with zero attached hydrogens (tertiary/aromatic N) is 4. The van der Waals surface area contributed by atoms with Crippen LogP contribution in [-0.2, 0) is 10.3 Å². The van der Waals surface area contributed by atoms with Gasteiger partial charge in [-0.25, -0.2) is 9.67 Å². The molecule has 0 amide bonds. The van der Waals surface area contributed by atoms with Crippen LogP contribution in [0.15, 0.2) is 132 Å². The molecule has 2 heterocycles. The molecule has 2 aromatic heterocycles. The molecular formula is C35H31BrN4O. The molecule has 0 saturated heterocycles. The smallest absolute Gasteiger partial charge is 0.138 e. The number of aromatic nitrogens is 3. The second-order valence-electron chi connectivity index (χ2n) is 10.0. The van der Waals surface area contributed by atoms with Gasteiger partial charge in [-0.3, -0.25) is 0 Å². The summed E-state index contributed by atoms with van der Waals surface area (Å²) < 4.78 is 8.51. The maximum atomic E-state index is 5.49. The normalized spacial score (nSPS) is 11.6. The molecule has 6 rings (SSSR count). The molecule has 0 atom stereocenters. The molecule has 0 saturated carbocycles. The number of benzene rings is 4. The van der Waals surface area contributed by atoms with Gasteiger partial charge in [0.15, 0.2) is 0 Å². The predicted octanol–water partition coefficient (Wildman–Crippen LogP) is 7.78. The first kappa shape index (κ1) is 26.9. The van der Waals surface area contributed by atoms with E-state index in [0.717, 1.165) is 55.7 Å². The first-order valence-corrected chi connectivity index (χ1v) is 14.4. The quantitative estimate of drug-likeness (QED) is 0.158. The molecule has 41 heavy (non-hydrogen) atoms. The van der Waals surface area contributed by atoms with Crippen LogP contribution in [-0.4, -0.2) is 42.1 Å². The fourth-order valence-electron chi connectivity index (χ4n) is 5.58. The Balaban J connectivity index is 1.68. The van der Waals surface area contributed by atoms with E-state index in [1.807, 2.05) is 19.3 Å². The lowest BCUT2D eigenvalue weighted by atomic mass is 9.77. The average molecular weight is 604 g/mol. The summed E-state index contributed by atoms with van der Waals surface area (Å²) in [5, 5.41) is 6.55. The molecule has 5 nitrogen and oxygen atoms in total. The van der Waals surface area contributed by atoms with Crippen LogP contribution in [0.3, 0.4) is 0 Å². The highest BCUT2D eigenvalue weighted by molar-refractivity contribution is 9.10. The van der Waals surface area contributed by atoms with Crippen LogP contribution in [0.1, 0.15) is 16.7 Å². The number of methoxy groups -OCH3 is 1. The molecule has 6 aromatic rings. The number of halogens is 1. The number of hydrogen-bond donors (Lipinski definition) is 0. The number of rotatable bonds is 9. The third kappa shape index (κ3) is 4.94. The predicted molar refractivity (Wildman–Crippen MR) is 170 cm³/mol. The molecule has 0 fully saturated rings. The molecule has 4 aromatic carbocycles. The highest BCUT2D eigenvalue weighted by atomic mass is 79.9. The average Bonchev–Trinajstić information content (AvgIpc) is 3.40. The van der Waals surface area contributed by atoms with Crippen LogP contribution in [0.5, 0.6) is 0 Å². The highest BCUT2D eigenvalue weighted by Crippen LogP contribution is 2.44. The third-order valence-corrected chi connectivity index (χ3v) is 8.07. The van der Waals surface area contributed by atoms with Crippen molar-refractivity contribution in [3.63, 3.8) is 0 Å². The zero-order valence-corrected chi connectivity index (χ0v) is 24.7. The van der Waals surface area contributed by atoms with Crippen molar-refractivity contribution in [1.82, 2.24) is 14.8 Å². The van der Waals surface area contributed by atoms with Gasteiger partial charge in [-0.2, -0.15) is 5.10 Å². The Bertz CT molecular complexity index is 1660. The Labute approximate surface area is 249 Å². The van der Waals surface area contributed by atoms with Crippen LogP contribution in [0.4, 0.5) is 5.82 Å². The second kappa shape index (κ2) is 11.7. The van der Waals surface area contributed by atoms with Crippen molar-refractivity contribution in [2.45, 2.75) is 5.54 Å². The molecule has 0 aliphatic carbocycles. The monoisotopic (exact) mass is 602 g/mol. The van der Waals surface area contributed by atoms with Gasteiger partial charge in [0.05, 0.1) is 12.1 Å². The molecule has 6 heteroatoms. The molecule has 0 bridgehead atoms. The molecule has 0 aliphatic heterocycles. The summed E-state index contributed by atoms with van der Waals surface area (Å²) in [4.78, 5) is 6.74. The van der Waals surface area contributed by atoms with Gasteiger partial charge in [0, 0.05) is 42.3 Å². The van der Waals surface area contributed by atoms with Crippen molar-refractivity contribution in [3.05, 3.63) is 149 Å². The van der Waals surface area contributed by atoms with Gasteiger partial charge in [-0.05, 0) is 47.0 Å². The van der Waals surface area contributed by atoms with E-state index in [1.165, 1.54) is 0 Å². The van der Waals surface area contributed by atoms with E-state index in [0.29, 0.717) is 6.61 Å². The minimum absolute atomic E-state index is 0.626. The van der Waals surface area contributed by atoms with Crippen molar-refractivity contribution in [2.75, 3.05) is 32.2 Å². The van der Waals surface area contributed by atoms with Crippen LogP contribution >= 0.6 is 15.9 Å². The van der Waals surface area contributed by atoms with E-state index in [9.17, 15) is 0 Å². The molecular weight excluding hydrogens is 572 g/mol. The van der Waals surface area contributed by atoms with Crippen molar-refractivity contribution >= 4 is 32.7 Å². The first-order chi connectivity index (χ1) is 20.1. The largest absolute Gasteiger partial charge is 0.383 e. The Morgan fingerprint density at radius 2 is 1.37 bits per heavy atom. The summed E-state index contributed by atoms with van der Waals surface area (Å²) >= 11 is 3.73. The van der Waals surface area contributed by atoms with Crippen molar-refractivity contribution in [3.8, 4) is 11.3 Å². The number of ether oxygens (including phenoxy) is 1. The summed E-state index contributed by atoms with van der Waals surface area (Å²) in [5.41, 5.74) is 5.61. The zero-order chi connectivity index (χ0) is 28.2. The molecule has 0 spiro atoms. The summed E-state index contributed by atoms with van der Waals surface area (Å²) in [6.45, 7) is 1.37. The standard InChI is InChI=1S/C35H31BrN4O/c1-39(22-23-41-2)33-24-26(20-21-37-33)34-31-25-30(36)18-19-32(31)40(38-34)35(27-12-6-3-7-13-27,28-14-8-4-9-15-28)29-16-10-5-11-17-29/h3-21,24-25H,22-23H2,1-2H3. The topological polar surface area (TPSA) is 43.2 Å². The van der Waals surface area contributed by atoms with Crippen LogP contribution in [0.25, 0.3) is 22.2 Å². The molecule has 0 unspecified atom stereocenters. The van der Waals surface area contributed by atoms with Gasteiger partial charge in [0.2, 0.25) is 0 Å². The number of hydrogen-bond acceptors (Lipinski definition) is 4. The molecule has 0 aliphatic rings. The third-order valence-electron chi connectivity index (χ3n) is 7.58. The van der Waals surface area contributed by atoms with Gasteiger partial charge in [0.25, 0.3) is 0 Å². The Hall–Kier alpha value is -4.26. The lowest BCUT2D eigenvalue weighted by Gasteiger charge is -2.37. The SMILES string of the molecule is COCCN(C)c1cc(-c2nn(C(c3ccccc3)(c3ccccc3)c3ccccc3)c3ccc(Br)cc23)ccn1. The van der Waals surface area contributed by atoms with E-state index in [2.05, 4.69) is 146 Å². The number of likely N-dealkylation sites (N-methyl/N-ethyl adjacent to an activating group) is 1. The summed E-state index contributed by atoms with van der Waals surface area (Å²) in [6.07, 6.45) is 1.86. The molecule has 0 radical (unpaired) electrons. The maximum Gasteiger partial charge on any atom is 0.138 e. The van der Waals surface area contributed by atoms with Gasteiger partial charge < -0.3 is 9.64 Å².